The summed E-state index contributed by atoms with van der Waals surface area (Å²) in [6.45, 7) is 4.47. The van der Waals surface area contributed by atoms with E-state index in [9.17, 15) is 4.79 Å². The molecule has 2 aromatic rings. The van der Waals surface area contributed by atoms with Crippen molar-refractivity contribution in [1.82, 2.24) is 4.90 Å². The van der Waals surface area contributed by atoms with E-state index in [4.69, 9.17) is 16.3 Å². The smallest absolute Gasteiger partial charge is 0.254 e. The number of piperazine rings is 1. The number of methoxy groups -OCH3 is 1. The number of carbonyl (C=O) groups excluding carboxylic acids is 1. The van der Waals surface area contributed by atoms with Gasteiger partial charge in [-0.3, -0.25) is 4.79 Å². The van der Waals surface area contributed by atoms with Crippen molar-refractivity contribution < 1.29 is 14.4 Å². The molecule has 126 valence electrons. The van der Waals surface area contributed by atoms with Gasteiger partial charge in [0.25, 0.3) is 5.91 Å². The van der Waals surface area contributed by atoms with Gasteiger partial charge in [0.15, 0.2) is 0 Å². The Kier molecular flexibility index (Phi) is 5.38. The normalized spacial score (nSPS) is 15.3. The van der Waals surface area contributed by atoms with E-state index in [2.05, 4.69) is 12.1 Å². The van der Waals surface area contributed by atoms with E-state index >= 15 is 0 Å². The zero-order valence-corrected chi connectivity index (χ0v) is 14.6. The molecule has 0 bridgehead atoms. The topological polar surface area (TPSA) is 34.0 Å². The molecule has 0 aliphatic carbocycles. The lowest BCUT2D eigenvalue weighted by atomic mass is 10.1. The van der Waals surface area contributed by atoms with Gasteiger partial charge in [-0.15, -0.1) is 0 Å². The van der Waals surface area contributed by atoms with Crippen LogP contribution in [-0.4, -0.2) is 44.1 Å². The number of amides is 1. The van der Waals surface area contributed by atoms with E-state index in [1.807, 2.05) is 41.3 Å². The van der Waals surface area contributed by atoms with Crippen molar-refractivity contribution >= 4 is 17.5 Å². The third-order valence-corrected chi connectivity index (χ3v) is 4.71. The Bertz CT molecular complexity index is 678. The summed E-state index contributed by atoms with van der Waals surface area (Å²) in [6.07, 6.45) is 0. The van der Waals surface area contributed by atoms with Crippen LogP contribution in [0.1, 0.15) is 15.9 Å². The maximum Gasteiger partial charge on any atom is 0.254 e. The SMILES string of the molecule is COc1ccc(C(=O)N2CC[NH+](Cc3ccc(Cl)cc3)CC2)cc1. The van der Waals surface area contributed by atoms with Crippen molar-refractivity contribution in [3.63, 3.8) is 0 Å². The second kappa shape index (κ2) is 7.69. The largest absolute Gasteiger partial charge is 0.497 e. The molecule has 1 amide bonds. The highest BCUT2D eigenvalue weighted by Gasteiger charge is 2.24. The van der Waals surface area contributed by atoms with Crippen LogP contribution in [0, 0.1) is 0 Å². The van der Waals surface area contributed by atoms with Crippen molar-refractivity contribution in [2.24, 2.45) is 0 Å². The van der Waals surface area contributed by atoms with Gasteiger partial charge in [0.1, 0.15) is 12.3 Å². The Morgan fingerprint density at radius 1 is 1.08 bits per heavy atom. The molecule has 2 aromatic carbocycles. The molecule has 1 aliphatic rings. The predicted molar refractivity (Wildman–Crippen MR) is 94.8 cm³/mol. The average molecular weight is 346 g/mol. The molecule has 3 rings (SSSR count). The van der Waals surface area contributed by atoms with E-state index in [1.165, 1.54) is 10.5 Å². The molecule has 1 saturated heterocycles. The first-order chi connectivity index (χ1) is 11.7. The molecular formula is C19H22ClN2O2+. The summed E-state index contributed by atoms with van der Waals surface area (Å²) in [7, 11) is 1.62. The lowest BCUT2D eigenvalue weighted by molar-refractivity contribution is -0.917. The van der Waals surface area contributed by atoms with Gasteiger partial charge in [-0.1, -0.05) is 23.7 Å². The van der Waals surface area contributed by atoms with Gasteiger partial charge >= 0.3 is 0 Å². The van der Waals surface area contributed by atoms with E-state index < -0.39 is 0 Å². The fraction of sp³-hybridized carbons (Fsp3) is 0.316. The van der Waals surface area contributed by atoms with Gasteiger partial charge in [-0.05, 0) is 36.4 Å². The third-order valence-electron chi connectivity index (χ3n) is 4.46. The fourth-order valence-corrected chi connectivity index (χ4v) is 3.14. The van der Waals surface area contributed by atoms with Gasteiger partial charge < -0.3 is 14.5 Å². The third kappa shape index (κ3) is 4.08. The van der Waals surface area contributed by atoms with E-state index in [0.717, 1.165) is 49.1 Å². The van der Waals surface area contributed by atoms with E-state index in [0.29, 0.717) is 0 Å². The number of benzene rings is 2. The van der Waals surface area contributed by atoms with Crippen LogP contribution in [0.15, 0.2) is 48.5 Å². The Morgan fingerprint density at radius 3 is 2.29 bits per heavy atom. The Morgan fingerprint density at radius 2 is 1.71 bits per heavy atom. The predicted octanol–water partition coefficient (Wildman–Crippen LogP) is 1.89. The highest BCUT2D eigenvalue weighted by atomic mass is 35.5. The number of nitrogens with one attached hydrogen (secondary N) is 1. The lowest BCUT2D eigenvalue weighted by Crippen LogP contribution is -3.13. The number of hydrogen-bond acceptors (Lipinski definition) is 2. The standard InChI is InChI=1S/C19H21ClN2O2/c1-24-18-8-4-16(5-9-18)19(23)22-12-10-21(11-13-22)14-15-2-6-17(20)7-3-15/h2-9H,10-14H2,1H3/p+1. The number of quaternary nitrogens is 1. The highest BCUT2D eigenvalue weighted by molar-refractivity contribution is 6.30. The van der Waals surface area contributed by atoms with E-state index in [-0.39, 0.29) is 5.91 Å². The molecule has 1 fully saturated rings. The Balaban J connectivity index is 1.54. The molecule has 4 nitrogen and oxygen atoms in total. The Hall–Kier alpha value is -2.04. The quantitative estimate of drug-likeness (QED) is 0.918. The fourth-order valence-electron chi connectivity index (χ4n) is 3.01. The summed E-state index contributed by atoms with van der Waals surface area (Å²) < 4.78 is 5.14. The van der Waals surface area contributed by atoms with Crippen LogP contribution in [0.5, 0.6) is 5.75 Å². The number of halogens is 1. The first kappa shape index (κ1) is 16.8. The van der Waals surface area contributed by atoms with Crippen LogP contribution in [0.2, 0.25) is 5.02 Å². The minimum Gasteiger partial charge on any atom is -0.497 e. The number of hydrogen-bond donors (Lipinski definition) is 1. The zero-order chi connectivity index (χ0) is 16.9. The number of rotatable bonds is 4. The molecule has 0 aromatic heterocycles. The molecule has 24 heavy (non-hydrogen) atoms. The molecule has 1 N–H and O–H groups in total. The van der Waals surface area contributed by atoms with Crippen LogP contribution in [-0.2, 0) is 6.54 Å². The van der Waals surface area contributed by atoms with Crippen LogP contribution >= 0.6 is 11.6 Å². The highest BCUT2D eigenvalue weighted by Crippen LogP contribution is 2.13. The molecule has 0 saturated carbocycles. The summed E-state index contributed by atoms with van der Waals surface area (Å²) in [4.78, 5) is 16.0. The first-order valence-electron chi connectivity index (χ1n) is 8.17. The van der Waals surface area contributed by atoms with Crippen LogP contribution in [0.25, 0.3) is 0 Å². The number of nitrogens with zero attached hydrogens (tertiary/aromatic N) is 1. The van der Waals surface area contributed by atoms with Gasteiger partial charge in [-0.25, -0.2) is 0 Å². The summed E-state index contributed by atoms with van der Waals surface area (Å²) in [5, 5.41) is 0.767. The average Bonchev–Trinajstić information content (AvgIpc) is 2.64. The molecule has 0 unspecified atom stereocenters. The Labute approximate surface area is 147 Å². The van der Waals surface area contributed by atoms with E-state index in [1.54, 1.807) is 7.11 Å². The number of ether oxygens (including phenoxy) is 1. The maximum atomic E-state index is 12.6. The molecule has 5 heteroatoms. The molecule has 0 spiro atoms. The van der Waals surface area contributed by atoms with Crippen molar-refractivity contribution in [1.29, 1.82) is 0 Å². The van der Waals surface area contributed by atoms with Crippen LogP contribution in [0.4, 0.5) is 0 Å². The second-order valence-electron chi connectivity index (χ2n) is 6.07. The van der Waals surface area contributed by atoms with Gasteiger partial charge in [0.05, 0.1) is 33.3 Å². The van der Waals surface area contributed by atoms with Crippen LogP contribution < -0.4 is 9.64 Å². The summed E-state index contributed by atoms with van der Waals surface area (Å²) in [5.74, 6) is 0.868. The van der Waals surface area contributed by atoms with Gasteiger partial charge in [-0.2, -0.15) is 0 Å². The first-order valence-corrected chi connectivity index (χ1v) is 8.55. The summed E-state index contributed by atoms with van der Waals surface area (Å²) >= 11 is 5.93. The van der Waals surface area contributed by atoms with Crippen molar-refractivity contribution in [2.45, 2.75) is 6.54 Å². The zero-order valence-electron chi connectivity index (χ0n) is 13.8. The van der Waals surface area contributed by atoms with Crippen molar-refractivity contribution in [3.8, 4) is 5.75 Å². The molecule has 0 atom stereocenters. The molecule has 1 aliphatic heterocycles. The molecular weight excluding hydrogens is 324 g/mol. The molecule has 0 radical (unpaired) electrons. The lowest BCUT2D eigenvalue weighted by Gasteiger charge is -2.32. The van der Waals surface area contributed by atoms with Gasteiger partial charge in [0, 0.05) is 16.1 Å². The second-order valence-corrected chi connectivity index (χ2v) is 6.51. The maximum absolute atomic E-state index is 12.6. The monoisotopic (exact) mass is 345 g/mol. The van der Waals surface area contributed by atoms with Crippen molar-refractivity contribution in [3.05, 3.63) is 64.7 Å². The summed E-state index contributed by atoms with van der Waals surface area (Å²) in [5.41, 5.74) is 2.00. The van der Waals surface area contributed by atoms with Crippen molar-refractivity contribution in [2.75, 3.05) is 33.3 Å². The molecule has 1 heterocycles. The minimum atomic E-state index is 0.100. The van der Waals surface area contributed by atoms with Gasteiger partial charge in [0.2, 0.25) is 0 Å². The minimum absolute atomic E-state index is 0.100. The van der Waals surface area contributed by atoms with Crippen LogP contribution in [0.3, 0.4) is 0 Å². The number of carbonyl (C=O) groups is 1. The summed E-state index contributed by atoms with van der Waals surface area (Å²) in [6, 6.07) is 15.3.